The van der Waals surface area contributed by atoms with Crippen molar-refractivity contribution >= 4 is 27.5 Å². The zero-order valence-corrected chi connectivity index (χ0v) is 19.7. The van der Waals surface area contributed by atoms with Gasteiger partial charge in [-0.2, -0.15) is 5.10 Å². The number of H-pyrrole nitrogens is 2. The van der Waals surface area contributed by atoms with Gasteiger partial charge >= 0.3 is 0 Å². The molecule has 0 aliphatic rings. The number of aromatic nitrogens is 4. The van der Waals surface area contributed by atoms with Crippen molar-refractivity contribution in [3.63, 3.8) is 0 Å². The highest BCUT2D eigenvalue weighted by Crippen LogP contribution is 2.34. The number of rotatable bonds is 7. The Morgan fingerprint density at radius 3 is 2.86 bits per heavy atom. The van der Waals surface area contributed by atoms with Crippen molar-refractivity contribution in [3.8, 4) is 22.4 Å². The maximum absolute atomic E-state index is 13.7. The Bertz CT molecular complexity index is 1670. The molecule has 2 aromatic carbocycles. The molecule has 5 N–H and O–H groups in total. The van der Waals surface area contributed by atoms with Crippen LogP contribution < -0.4 is 11.1 Å². The van der Waals surface area contributed by atoms with Crippen molar-refractivity contribution < 1.29 is 8.81 Å². The van der Waals surface area contributed by atoms with Gasteiger partial charge in [0.05, 0.1) is 35.6 Å². The molecule has 0 radical (unpaired) electrons. The molecule has 8 heteroatoms. The number of pyridine rings is 1. The van der Waals surface area contributed by atoms with Gasteiger partial charge in [0.25, 0.3) is 0 Å². The fourth-order valence-electron chi connectivity index (χ4n) is 4.64. The lowest BCUT2D eigenvalue weighted by molar-refractivity contribution is 0.568. The molecule has 0 aliphatic heterocycles. The van der Waals surface area contributed by atoms with Gasteiger partial charge in [-0.25, -0.2) is 4.39 Å². The Hall–Kier alpha value is -4.43. The van der Waals surface area contributed by atoms with Crippen LogP contribution in [-0.4, -0.2) is 32.8 Å². The second kappa shape index (κ2) is 8.98. The van der Waals surface area contributed by atoms with Gasteiger partial charge < -0.3 is 20.5 Å². The van der Waals surface area contributed by atoms with Crippen LogP contribution in [0.4, 0.5) is 10.1 Å². The highest BCUT2D eigenvalue weighted by atomic mass is 19.1. The summed E-state index contributed by atoms with van der Waals surface area (Å²) in [4.78, 5) is 7.95. The van der Waals surface area contributed by atoms with Gasteiger partial charge in [0.2, 0.25) is 0 Å². The van der Waals surface area contributed by atoms with E-state index in [4.69, 9.17) is 15.1 Å². The SMILES string of the molecule is Cc1[nH]nc2ccc(-c3cc(NC[C@H](N)Cc4c[nH]c5ccc(F)cc45)cnc3-c3ccoc3)cc12. The minimum atomic E-state index is -0.254. The highest BCUT2D eigenvalue weighted by molar-refractivity contribution is 5.90. The van der Waals surface area contributed by atoms with Crippen LogP contribution in [0.1, 0.15) is 11.3 Å². The second-order valence-electron chi connectivity index (χ2n) is 9.06. The Kier molecular flexibility index (Phi) is 5.50. The van der Waals surface area contributed by atoms with Crippen molar-refractivity contribution in [1.29, 1.82) is 0 Å². The lowest BCUT2D eigenvalue weighted by Gasteiger charge is -2.15. The van der Waals surface area contributed by atoms with Crippen LogP contribution in [0, 0.1) is 12.7 Å². The zero-order valence-electron chi connectivity index (χ0n) is 19.7. The molecule has 0 bridgehead atoms. The number of nitrogens with two attached hydrogens (primary N) is 1. The Balaban J connectivity index is 1.27. The van der Waals surface area contributed by atoms with E-state index in [0.29, 0.717) is 13.0 Å². The molecule has 0 saturated heterocycles. The summed E-state index contributed by atoms with van der Waals surface area (Å²) >= 11 is 0. The molecule has 0 saturated carbocycles. The van der Waals surface area contributed by atoms with E-state index in [1.54, 1.807) is 30.9 Å². The molecular weight excluding hydrogens is 455 g/mol. The lowest BCUT2D eigenvalue weighted by Crippen LogP contribution is -2.31. The molecule has 7 nitrogen and oxygen atoms in total. The summed E-state index contributed by atoms with van der Waals surface area (Å²) in [5, 5.41) is 12.7. The monoisotopic (exact) mass is 480 g/mol. The first-order valence-electron chi connectivity index (χ1n) is 11.8. The molecular formula is C28H25FN6O. The number of anilines is 1. The number of fused-ring (bicyclic) bond motifs is 2. The average molecular weight is 481 g/mol. The van der Waals surface area contributed by atoms with E-state index in [1.807, 2.05) is 25.3 Å². The summed E-state index contributed by atoms with van der Waals surface area (Å²) < 4.78 is 19.0. The van der Waals surface area contributed by atoms with Crippen LogP contribution in [0.2, 0.25) is 0 Å². The number of furan rings is 1. The van der Waals surface area contributed by atoms with Gasteiger partial charge in [-0.3, -0.25) is 10.1 Å². The second-order valence-corrected chi connectivity index (χ2v) is 9.06. The standard InChI is InChI=1S/C28H25FN6O/c1-16-23-9-17(2-4-27(23)35-34-16)25-11-22(14-33-28(25)18-6-7-36-15-18)31-13-21(30)8-19-12-32-26-5-3-20(29)10-24(19)26/h2-7,9-12,14-15,21,31-32H,8,13,30H2,1H3,(H,34,35)/t21-/m1/s1. The first-order chi connectivity index (χ1) is 17.5. The van der Waals surface area contributed by atoms with Gasteiger partial charge in [0.15, 0.2) is 0 Å². The summed E-state index contributed by atoms with van der Waals surface area (Å²) in [6.45, 7) is 2.55. The minimum Gasteiger partial charge on any atom is -0.472 e. The van der Waals surface area contributed by atoms with Crippen LogP contribution in [0.25, 0.3) is 44.2 Å². The number of hydrogen-bond donors (Lipinski definition) is 4. The van der Waals surface area contributed by atoms with E-state index in [0.717, 1.165) is 61.1 Å². The number of hydrogen-bond acceptors (Lipinski definition) is 5. The fraction of sp³-hybridized carbons (Fsp3) is 0.143. The van der Waals surface area contributed by atoms with Crippen molar-refractivity contribution in [2.24, 2.45) is 5.73 Å². The summed E-state index contributed by atoms with van der Waals surface area (Å²) in [7, 11) is 0. The summed E-state index contributed by atoms with van der Waals surface area (Å²) in [5.74, 6) is -0.254. The smallest absolute Gasteiger partial charge is 0.123 e. The topological polar surface area (TPSA) is 109 Å². The van der Waals surface area contributed by atoms with Gasteiger partial charge in [-0.1, -0.05) is 6.07 Å². The van der Waals surface area contributed by atoms with Crippen molar-refractivity contribution in [1.82, 2.24) is 20.2 Å². The molecule has 180 valence electrons. The third-order valence-electron chi connectivity index (χ3n) is 6.52. The molecule has 6 rings (SSSR count). The Labute approximate surface area is 206 Å². The molecule has 0 aliphatic carbocycles. The number of benzene rings is 2. The zero-order chi connectivity index (χ0) is 24.6. The number of aryl methyl sites for hydroxylation is 1. The fourth-order valence-corrected chi connectivity index (χ4v) is 4.64. The quantitative estimate of drug-likeness (QED) is 0.231. The predicted molar refractivity (Wildman–Crippen MR) is 140 cm³/mol. The number of nitrogens with one attached hydrogen (secondary N) is 3. The van der Waals surface area contributed by atoms with Crippen molar-refractivity contribution in [3.05, 3.63) is 90.5 Å². The third-order valence-corrected chi connectivity index (χ3v) is 6.52. The van der Waals surface area contributed by atoms with Crippen molar-refractivity contribution in [2.75, 3.05) is 11.9 Å². The first-order valence-corrected chi connectivity index (χ1v) is 11.8. The number of aromatic amines is 2. The molecule has 36 heavy (non-hydrogen) atoms. The Morgan fingerprint density at radius 1 is 1.08 bits per heavy atom. The summed E-state index contributed by atoms with van der Waals surface area (Å²) in [6.07, 6.45) is 7.66. The van der Waals surface area contributed by atoms with Crippen molar-refractivity contribution in [2.45, 2.75) is 19.4 Å². The lowest BCUT2D eigenvalue weighted by atomic mass is 9.98. The van der Waals surface area contributed by atoms with Gasteiger partial charge in [-0.05, 0) is 66.9 Å². The van der Waals surface area contributed by atoms with Crippen LogP contribution in [-0.2, 0) is 6.42 Å². The maximum atomic E-state index is 13.7. The van der Waals surface area contributed by atoms with Crippen LogP contribution in [0.5, 0.6) is 0 Å². The minimum absolute atomic E-state index is 0.172. The van der Waals surface area contributed by atoms with E-state index < -0.39 is 0 Å². The average Bonchev–Trinajstić information content (AvgIpc) is 3.64. The molecule has 0 spiro atoms. The number of halogens is 1. The van der Waals surface area contributed by atoms with Gasteiger partial charge in [0, 0.05) is 51.9 Å². The molecule has 4 heterocycles. The van der Waals surface area contributed by atoms with E-state index in [1.165, 1.54) is 6.07 Å². The van der Waals surface area contributed by atoms with Gasteiger partial charge in [-0.15, -0.1) is 0 Å². The molecule has 0 amide bonds. The molecule has 4 aromatic heterocycles. The molecule has 0 unspecified atom stereocenters. The van der Waals surface area contributed by atoms with E-state index in [9.17, 15) is 4.39 Å². The molecule has 1 atom stereocenters. The van der Waals surface area contributed by atoms with E-state index in [2.05, 4.69) is 38.7 Å². The maximum Gasteiger partial charge on any atom is 0.123 e. The number of nitrogens with zero attached hydrogens (tertiary/aromatic N) is 2. The summed E-state index contributed by atoms with van der Waals surface area (Å²) in [5.41, 5.74) is 14.9. The molecule has 0 fully saturated rings. The highest BCUT2D eigenvalue weighted by Gasteiger charge is 2.15. The van der Waals surface area contributed by atoms with Crippen LogP contribution in [0.3, 0.4) is 0 Å². The van der Waals surface area contributed by atoms with E-state index in [-0.39, 0.29) is 11.9 Å². The normalized spacial score (nSPS) is 12.4. The largest absolute Gasteiger partial charge is 0.472 e. The summed E-state index contributed by atoms with van der Waals surface area (Å²) in [6, 6.07) is 14.7. The van der Waals surface area contributed by atoms with Gasteiger partial charge in [0.1, 0.15) is 5.82 Å². The Morgan fingerprint density at radius 2 is 2.00 bits per heavy atom. The first kappa shape index (κ1) is 22.1. The third kappa shape index (κ3) is 4.12. The molecule has 6 aromatic rings. The van der Waals surface area contributed by atoms with Crippen LogP contribution in [0.15, 0.2) is 77.9 Å². The predicted octanol–water partition coefficient (Wildman–Crippen LogP) is 5.80. The van der Waals surface area contributed by atoms with Crippen LogP contribution >= 0.6 is 0 Å². The van der Waals surface area contributed by atoms with E-state index >= 15 is 0 Å².